The molecular formula is C16H18FNO2S. The molecular weight excluding hydrogens is 289 g/mol. The Balaban J connectivity index is 2.07. The zero-order valence-corrected chi connectivity index (χ0v) is 12.8. The summed E-state index contributed by atoms with van der Waals surface area (Å²) >= 11 is 1.49. The second-order valence-corrected chi connectivity index (χ2v) is 6.52. The summed E-state index contributed by atoms with van der Waals surface area (Å²) in [5.41, 5.74) is -0.00160. The first kappa shape index (κ1) is 14.4. The van der Waals surface area contributed by atoms with Gasteiger partial charge in [-0.1, -0.05) is 19.3 Å². The van der Waals surface area contributed by atoms with Crippen LogP contribution in [0.4, 0.5) is 4.39 Å². The fraction of sp³-hybridized carbons (Fsp3) is 0.500. The maximum Gasteiger partial charge on any atom is 0.319 e. The minimum atomic E-state index is -0.631. The summed E-state index contributed by atoms with van der Waals surface area (Å²) in [6.07, 6.45) is 4.69. The van der Waals surface area contributed by atoms with E-state index in [0.29, 0.717) is 12.1 Å². The Morgan fingerprint density at radius 3 is 2.86 bits per heavy atom. The van der Waals surface area contributed by atoms with E-state index in [1.54, 1.807) is 6.07 Å². The lowest BCUT2D eigenvalue weighted by molar-refractivity contribution is -0.151. The quantitative estimate of drug-likeness (QED) is 0.798. The highest BCUT2D eigenvalue weighted by atomic mass is 32.1. The topological polar surface area (TPSA) is 39.2 Å². The summed E-state index contributed by atoms with van der Waals surface area (Å²) in [5.74, 6) is -0.475. The Hall–Kier alpha value is -1.49. The molecule has 0 spiro atoms. The van der Waals surface area contributed by atoms with E-state index in [0.717, 1.165) is 41.8 Å². The molecule has 0 atom stereocenters. The van der Waals surface area contributed by atoms with Gasteiger partial charge in [-0.3, -0.25) is 4.79 Å². The average Bonchev–Trinajstić information content (AvgIpc) is 2.91. The molecule has 21 heavy (non-hydrogen) atoms. The van der Waals surface area contributed by atoms with E-state index in [1.165, 1.54) is 23.5 Å². The molecule has 0 N–H and O–H groups in total. The smallest absolute Gasteiger partial charge is 0.319 e. The van der Waals surface area contributed by atoms with Crippen LogP contribution in [-0.4, -0.2) is 17.6 Å². The second-order valence-electron chi connectivity index (χ2n) is 5.49. The summed E-state index contributed by atoms with van der Waals surface area (Å²) in [4.78, 5) is 17.1. The third kappa shape index (κ3) is 2.55. The average molecular weight is 307 g/mol. The molecule has 1 saturated carbocycles. The van der Waals surface area contributed by atoms with Gasteiger partial charge in [0.2, 0.25) is 0 Å². The number of ether oxygens (including phenoxy) is 1. The molecule has 3 rings (SSSR count). The lowest BCUT2D eigenvalue weighted by atomic mass is 9.74. The molecule has 1 aliphatic rings. The van der Waals surface area contributed by atoms with Crippen molar-refractivity contribution in [1.82, 2.24) is 4.98 Å². The van der Waals surface area contributed by atoms with Crippen LogP contribution in [-0.2, 0) is 14.9 Å². The predicted octanol–water partition coefficient (Wildman–Crippen LogP) is 4.20. The van der Waals surface area contributed by atoms with Crippen molar-refractivity contribution in [2.24, 2.45) is 0 Å². The number of nitrogens with zero attached hydrogens (tertiary/aromatic N) is 1. The van der Waals surface area contributed by atoms with Gasteiger partial charge in [0.1, 0.15) is 16.2 Å². The summed E-state index contributed by atoms with van der Waals surface area (Å²) < 4.78 is 19.6. The van der Waals surface area contributed by atoms with E-state index in [4.69, 9.17) is 4.74 Å². The van der Waals surface area contributed by atoms with Crippen molar-refractivity contribution >= 4 is 27.5 Å². The Morgan fingerprint density at radius 2 is 2.14 bits per heavy atom. The van der Waals surface area contributed by atoms with Crippen LogP contribution >= 0.6 is 11.3 Å². The van der Waals surface area contributed by atoms with E-state index in [-0.39, 0.29) is 11.8 Å². The minimum Gasteiger partial charge on any atom is -0.465 e. The number of hydrogen-bond acceptors (Lipinski definition) is 4. The molecule has 1 heterocycles. The highest BCUT2D eigenvalue weighted by molar-refractivity contribution is 7.18. The zero-order valence-electron chi connectivity index (χ0n) is 12.0. The van der Waals surface area contributed by atoms with Crippen LogP contribution in [0.15, 0.2) is 18.2 Å². The Labute approximate surface area is 127 Å². The van der Waals surface area contributed by atoms with Crippen LogP contribution in [0, 0.1) is 5.82 Å². The molecule has 1 fully saturated rings. The monoisotopic (exact) mass is 307 g/mol. The van der Waals surface area contributed by atoms with E-state index in [2.05, 4.69) is 4.98 Å². The fourth-order valence-electron chi connectivity index (χ4n) is 3.04. The maximum atomic E-state index is 13.3. The number of fused-ring (bicyclic) bond motifs is 1. The molecule has 0 amide bonds. The van der Waals surface area contributed by atoms with Crippen LogP contribution in [0.2, 0.25) is 0 Å². The number of aromatic nitrogens is 1. The molecule has 0 unspecified atom stereocenters. The summed E-state index contributed by atoms with van der Waals surface area (Å²) in [5, 5.41) is 0.779. The number of rotatable bonds is 3. The first-order valence-electron chi connectivity index (χ1n) is 7.39. The highest BCUT2D eigenvalue weighted by Crippen LogP contribution is 2.43. The van der Waals surface area contributed by atoms with Crippen molar-refractivity contribution in [2.75, 3.05) is 6.61 Å². The number of esters is 1. The lowest BCUT2D eigenvalue weighted by Gasteiger charge is -2.32. The minimum absolute atomic E-state index is 0.177. The van der Waals surface area contributed by atoms with E-state index in [9.17, 15) is 9.18 Å². The molecule has 0 bridgehead atoms. The number of carbonyl (C=O) groups is 1. The maximum absolute atomic E-state index is 13.3. The van der Waals surface area contributed by atoms with Crippen molar-refractivity contribution in [3.63, 3.8) is 0 Å². The SMILES string of the molecule is CCOC(=O)C1(c2nc3cc(F)ccc3s2)CCCCC1. The molecule has 5 heteroatoms. The molecule has 0 aliphatic heterocycles. The van der Waals surface area contributed by atoms with Gasteiger partial charge in [0.25, 0.3) is 0 Å². The third-order valence-electron chi connectivity index (χ3n) is 4.13. The first-order chi connectivity index (χ1) is 10.2. The van der Waals surface area contributed by atoms with Gasteiger partial charge in [0.05, 0.1) is 16.8 Å². The van der Waals surface area contributed by atoms with Gasteiger partial charge in [-0.2, -0.15) is 0 Å². The summed E-state index contributed by atoms with van der Waals surface area (Å²) in [6.45, 7) is 2.20. The van der Waals surface area contributed by atoms with Crippen molar-refractivity contribution in [3.05, 3.63) is 29.0 Å². The molecule has 0 saturated heterocycles. The van der Waals surface area contributed by atoms with Gasteiger partial charge in [-0.05, 0) is 31.9 Å². The van der Waals surface area contributed by atoms with Gasteiger partial charge in [-0.15, -0.1) is 11.3 Å². The van der Waals surface area contributed by atoms with Crippen molar-refractivity contribution in [2.45, 2.75) is 44.4 Å². The highest BCUT2D eigenvalue weighted by Gasteiger charge is 2.45. The van der Waals surface area contributed by atoms with Crippen molar-refractivity contribution < 1.29 is 13.9 Å². The van der Waals surface area contributed by atoms with Gasteiger partial charge in [0.15, 0.2) is 0 Å². The summed E-state index contributed by atoms with van der Waals surface area (Å²) in [7, 11) is 0. The number of thiazole rings is 1. The van der Waals surface area contributed by atoms with Gasteiger partial charge in [0, 0.05) is 6.07 Å². The fourth-order valence-corrected chi connectivity index (χ4v) is 4.22. The zero-order chi connectivity index (χ0) is 14.9. The van der Waals surface area contributed by atoms with E-state index >= 15 is 0 Å². The van der Waals surface area contributed by atoms with Crippen LogP contribution < -0.4 is 0 Å². The normalized spacial score (nSPS) is 17.8. The molecule has 1 aromatic heterocycles. The van der Waals surface area contributed by atoms with Crippen LogP contribution in [0.25, 0.3) is 10.2 Å². The molecule has 3 nitrogen and oxygen atoms in total. The summed E-state index contributed by atoms with van der Waals surface area (Å²) in [6, 6.07) is 4.59. The molecule has 1 aliphatic carbocycles. The number of halogens is 1. The Bertz CT molecular complexity index is 661. The molecule has 2 aromatic rings. The van der Waals surface area contributed by atoms with Gasteiger partial charge < -0.3 is 4.74 Å². The lowest BCUT2D eigenvalue weighted by Crippen LogP contribution is -2.39. The number of carbonyl (C=O) groups excluding carboxylic acids is 1. The van der Waals surface area contributed by atoms with Crippen LogP contribution in [0.5, 0.6) is 0 Å². The Kier molecular flexibility index (Phi) is 3.93. The second kappa shape index (κ2) is 5.72. The van der Waals surface area contributed by atoms with E-state index < -0.39 is 5.41 Å². The van der Waals surface area contributed by atoms with E-state index in [1.807, 2.05) is 6.92 Å². The Morgan fingerprint density at radius 1 is 1.38 bits per heavy atom. The van der Waals surface area contributed by atoms with Gasteiger partial charge in [-0.25, -0.2) is 9.37 Å². The third-order valence-corrected chi connectivity index (χ3v) is 5.37. The number of benzene rings is 1. The predicted molar refractivity (Wildman–Crippen MR) is 81.0 cm³/mol. The van der Waals surface area contributed by atoms with Crippen LogP contribution in [0.3, 0.4) is 0 Å². The standard InChI is InChI=1S/C16H18FNO2S/c1-2-20-15(19)16(8-4-3-5-9-16)14-18-12-10-11(17)6-7-13(12)21-14/h6-7,10H,2-5,8-9H2,1H3. The molecule has 0 radical (unpaired) electrons. The first-order valence-corrected chi connectivity index (χ1v) is 8.21. The number of hydrogen-bond donors (Lipinski definition) is 0. The van der Waals surface area contributed by atoms with Crippen molar-refractivity contribution in [3.8, 4) is 0 Å². The van der Waals surface area contributed by atoms with Crippen molar-refractivity contribution in [1.29, 1.82) is 0 Å². The molecule has 1 aromatic carbocycles. The molecule has 112 valence electrons. The van der Waals surface area contributed by atoms with Crippen LogP contribution in [0.1, 0.15) is 44.0 Å². The largest absolute Gasteiger partial charge is 0.465 e. The van der Waals surface area contributed by atoms with Gasteiger partial charge >= 0.3 is 5.97 Å².